The van der Waals surface area contributed by atoms with Crippen molar-refractivity contribution in [3.05, 3.63) is 0 Å². The highest BCUT2D eigenvalue weighted by atomic mass is 15.1. The van der Waals surface area contributed by atoms with E-state index in [-0.39, 0.29) is 6.04 Å². The molecule has 4 nitrogen and oxygen atoms in total. The van der Waals surface area contributed by atoms with Gasteiger partial charge in [0.05, 0.1) is 0 Å². The number of nitrogens with two attached hydrogens (primary N) is 2. The molecule has 0 aromatic rings. The van der Waals surface area contributed by atoms with Crippen molar-refractivity contribution in [2.45, 2.75) is 18.5 Å². The first-order valence-electron chi connectivity index (χ1n) is 4.75. The Morgan fingerprint density at radius 1 is 1.15 bits per heavy atom. The van der Waals surface area contributed by atoms with Gasteiger partial charge in [-0.3, -0.25) is 0 Å². The predicted molar refractivity (Wildman–Crippen MR) is 57.7 cm³/mol. The van der Waals surface area contributed by atoms with Crippen molar-refractivity contribution in [2.24, 2.45) is 11.5 Å². The van der Waals surface area contributed by atoms with E-state index in [2.05, 4.69) is 23.9 Å². The van der Waals surface area contributed by atoms with Crippen molar-refractivity contribution in [3.63, 3.8) is 0 Å². The van der Waals surface area contributed by atoms with Gasteiger partial charge in [-0.25, -0.2) is 0 Å². The van der Waals surface area contributed by atoms with Crippen molar-refractivity contribution in [3.8, 4) is 0 Å². The molecule has 13 heavy (non-hydrogen) atoms. The van der Waals surface area contributed by atoms with E-state index in [4.69, 9.17) is 11.5 Å². The van der Waals surface area contributed by atoms with Crippen LogP contribution in [0.3, 0.4) is 0 Å². The second-order valence-electron chi connectivity index (χ2n) is 4.02. The van der Waals surface area contributed by atoms with Crippen LogP contribution >= 0.6 is 0 Å². The molecular weight excluding hydrogens is 164 g/mol. The van der Waals surface area contributed by atoms with Gasteiger partial charge in [0, 0.05) is 18.6 Å². The lowest BCUT2D eigenvalue weighted by Gasteiger charge is -2.29. The van der Waals surface area contributed by atoms with Crippen LogP contribution in [0.5, 0.6) is 0 Å². The monoisotopic (exact) mass is 188 g/mol. The molecule has 0 rings (SSSR count). The van der Waals surface area contributed by atoms with E-state index in [1.54, 1.807) is 0 Å². The van der Waals surface area contributed by atoms with Crippen molar-refractivity contribution in [1.82, 2.24) is 9.80 Å². The molecular formula is C9H24N4. The van der Waals surface area contributed by atoms with Gasteiger partial charge in [-0.1, -0.05) is 0 Å². The third-order valence-corrected chi connectivity index (χ3v) is 2.31. The van der Waals surface area contributed by atoms with E-state index in [1.165, 1.54) is 0 Å². The summed E-state index contributed by atoms with van der Waals surface area (Å²) in [6, 6.07) is 0.461. The Balaban J connectivity index is 3.84. The molecule has 0 heterocycles. The molecule has 4 heteroatoms. The maximum absolute atomic E-state index is 6.03. The van der Waals surface area contributed by atoms with E-state index in [1.807, 2.05) is 14.1 Å². The second kappa shape index (κ2) is 6.32. The number of nitrogens with zero attached hydrogens (tertiary/aromatic N) is 2. The fraction of sp³-hybridized carbons (Fsp3) is 1.00. The molecule has 2 atom stereocenters. The molecule has 0 bridgehead atoms. The molecule has 4 N–H and O–H groups in total. The van der Waals surface area contributed by atoms with Crippen LogP contribution in [0.25, 0.3) is 0 Å². The lowest BCUT2D eigenvalue weighted by atomic mass is 10.1. The molecule has 0 saturated heterocycles. The first-order chi connectivity index (χ1) is 5.99. The summed E-state index contributed by atoms with van der Waals surface area (Å²) in [6.07, 6.45) is 0.993. The Labute approximate surface area is 81.9 Å². The Bertz CT molecular complexity index is 125. The van der Waals surface area contributed by atoms with Crippen molar-refractivity contribution in [1.29, 1.82) is 0 Å². The molecule has 0 aliphatic carbocycles. The van der Waals surface area contributed by atoms with Gasteiger partial charge < -0.3 is 21.3 Å². The summed E-state index contributed by atoms with van der Waals surface area (Å²) in [6.45, 7) is 1.65. The fourth-order valence-electron chi connectivity index (χ4n) is 1.37. The Kier molecular flexibility index (Phi) is 6.24. The molecule has 0 fully saturated rings. The minimum Gasteiger partial charge on any atom is -0.329 e. The molecule has 80 valence electrons. The molecule has 0 saturated carbocycles. The summed E-state index contributed by atoms with van der Waals surface area (Å²) in [5.41, 5.74) is 11.7. The molecule has 0 amide bonds. The van der Waals surface area contributed by atoms with Gasteiger partial charge >= 0.3 is 0 Å². The van der Waals surface area contributed by atoms with Crippen LogP contribution in [0, 0.1) is 0 Å². The van der Waals surface area contributed by atoms with Gasteiger partial charge in [0.15, 0.2) is 0 Å². The summed E-state index contributed by atoms with van der Waals surface area (Å²) in [5.74, 6) is 0. The molecule has 0 aromatic heterocycles. The highest BCUT2D eigenvalue weighted by molar-refractivity contribution is 4.80. The standard InChI is InChI=1S/C9H24N4/c1-12(2)6-5-8(11)9(7-10)13(3)4/h8-9H,5-7,10-11H2,1-4H3. The first-order valence-corrected chi connectivity index (χ1v) is 4.75. The first kappa shape index (κ1) is 12.8. The zero-order chi connectivity index (χ0) is 10.4. The number of rotatable bonds is 6. The number of likely N-dealkylation sites (N-methyl/N-ethyl adjacent to an activating group) is 1. The van der Waals surface area contributed by atoms with E-state index in [9.17, 15) is 0 Å². The topological polar surface area (TPSA) is 58.5 Å². The average Bonchev–Trinajstić information content (AvgIpc) is 2.01. The smallest absolute Gasteiger partial charge is 0.0364 e. The van der Waals surface area contributed by atoms with E-state index in [0.717, 1.165) is 13.0 Å². The van der Waals surface area contributed by atoms with E-state index < -0.39 is 0 Å². The zero-order valence-corrected chi connectivity index (χ0v) is 9.33. The molecule has 0 spiro atoms. The maximum atomic E-state index is 6.03. The second-order valence-corrected chi connectivity index (χ2v) is 4.02. The Morgan fingerprint density at radius 3 is 2.00 bits per heavy atom. The summed E-state index contributed by atoms with van der Waals surface area (Å²) in [7, 11) is 8.15. The molecule has 0 radical (unpaired) electrons. The van der Waals surface area contributed by atoms with Gasteiger partial charge in [-0.05, 0) is 41.2 Å². The van der Waals surface area contributed by atoms with Crippen LogP contribution < -0.4 is 11.5 Å². The Morgan fingerprint density at radius 2 is 1.69 bits per heavy atom. The van der Waals surface area contributed by atoms with Crippen LogP contribution in [0.15, 0.2) is 0 Å². The maximum Gasteiger partial charge on any atom is 0.0364 e. The van der Waals surface area contributed by atoms with Gasteiger partial charge in [0.2, 0.25) is 0 Å². The van der Waals surface area contributed by atoms with Gasteiger partial charge in [-0.15, -0.1) is 0 Å². The SMILES string of the molecule is CN(C)CCC(N)C(CN)N(C)C. The van der Waals surface area contributed by atoms with Gasteiger partial charge in [-0.2, -0.15) is 0 Å². The van der Waals surface area contributed by atoms with Crippen molar-refractivity contribution >= 4 is 0 Å². The van der Waals surface area contributed by atoms with Crippen LogP contribution in [0.2, 0.25) is 0 Å². The average molecular weight is 188 g/mol. The summed E-state index contributed by atoms with van der Waals surface area (Å²) < 4.78 is 0. The third-order valence-electron chi connectivity index (χ3n) is 2.31. The lowest BCUT2D eigenvalue weighted by molar-refractivity contribution is 0.239. The van der Waals surface area contributed by atoms with E-state index in [0.29, 0.717) is 12.6 Å². The molecule has 0 aromatic carbocycles. The van der Waals surface area contributed by atoms with Crippen LogP contribution in [-0.2, 0) is 0 Å². The zero-order valence-electron chi connectivity index (χ0n) is 9.33. The highest BCUT2D eigenvalue weighted by Gasteiger charge is 2.17. The molecule has 0 aliphatic heterocycles. The van der Waals surface area contributed by atoms with Crippen molar-refractivity contribution < 1.29 is 0 Å². The van der Waals surface area contributed by atoms with Crippen LogP contribution in [0.4, 0.5) is 0 Å². The fourth-order valence-corrected chi connectivity index (χ4v) is 1.37. The number of hydrogen-bond acceptors (Lipinski definition) is 4. The third kappa shape index (κ3) is 5.21. The molecule has 2 unspecified atom stereocenters. The normalized spacial score (nSPS) is 16.6. The quantitative estimate of drug-likeness (QED) is 0.570. The highest BCUT2D eigenvalue weighted by Crippen LogP contribution is 2.01. The molecule has 0 aliphatic rings. The minimum atomic E-state index is 0.169. The minimum absolute atomic E-state index is 0.169. The lowest BCUT2D eigenvalue weighted by Crippen LogP contribution is -2.49. The van der Waals surface area contributed by atoms with E-state index >= 15 is 0 Å². The van der Waals surface area contributed by atoms with Crippen LogP contribution in [0.1, 0.15) is 6.42 Å². The van der Waals surface area contributed by atoms with Crippen molar-refractivity contribution in [2.75, 3.05) is 41.3 Å². The Hall–Kier alpha value is -0.160. The predicted octanol–water partition coefficient (Wildman–Crippen LogP) is -0.846. The summed E-state index contributed by atoms with van der Waals surface area (Å²) in [4.78, 5) is 4.24. The van der Waals surface area contributed by atoms with Gasteiger partial charge in [0.1, 0.15) is 0 Å². The summed E-state index contributed by atoms with van der Waals surface area (Å²) in [5, 5.41) is 0. The summed E-state index contributed by atoms with van der Waals surface area (Å²) >= 11 is 0. The van der Waals surface area contributed by atoms with Gasteiger partial charge in [0.25, 0.3) is 0 Å². The number of hydrogen-bond donors (Lipinski definition) is 2. The van der Waals surface area contributed by atoms with Crippen LogP contribution in [-0.4, -0.2) is 63.2 Å². The largest absolute Gasteiger partial charge is 0.329 e.